The van der Waals surface area contributed by atoms with Gasteiger partial charge >= 0.3 is 6.18 Å². The van der Waals surface area contributed by atoms with Crippen molar-refractivity contribution >= 4 is 17.6 Å². The molecule has 0 aliphatic carbocycles. The number of carbonyl (C=O) groups is 3. The molecule has 1 heterocycles. The number of halogens is 3. The van der Waals surface area contributed by atoms with E-state index in [4.69, 9.17) is 0 Å². The average Bonchev–Trinajstić information content (AvgIpc) is 2.95. The molecule has 32 heavy (non-hydrogen) atoms. The molecule has 2 aromatic rings. The first kappa shape index (κ1) is 23.2. The van der Waals surface area contributed by atoms with Crippen molar-refractivity contribution in [2.24, 2.45) is 0 Å². The molecule has 1 aliphatic rings. The van der Waals surface area contributed by atoms with Gasteiger partial charge < -0.3 is 10.2 Å². The number of nitrogens with one attached hydrogen (secondary N) is 1. The van der Waals surface area contributed by atoms with Crippen molar-refractivity contribution in [2.75, 3.05) is 0 Å². The fourth-order valence-electron chi connectivity index (χ4n) is 3.97. The largest absolute Gasteiger partial charge is 0.425 e. The second-order valence-electron chi connectivity index (χ2n) is 7.68. The summed E-state index contributed by atoms with van der Waals surface area (Å²) >= 11 is 0. The van der Waals surface area contributed by atoms with Crippen molar-refractivity contribution in [3.63, 3.8) is 0 Å². The van der Waals surface area contributed by atoms with Gasteiger partial charge in [0.25, 0.3) is 5.91 Å². The molecular weight excluding hydrogens is 421 g/mol. The van der Waals surface area contributed by atoms with Crippen LogP contribution in [0.15, 0.2) is 71.9 Å². The Balaban J connectivity index is 1.96. The molecule has 2 aromatic carbocycles. The van der Waals surface area contributed by atoms with E-state index in [1.807, 2.05) is 5.32 Å². The molecule has 1 atom stereocenters. The first-order valence-corrected chi connectivity index (χ1v) is 10.1. The van der Waals surface area contributed by atoms with Crippen LogP contribution in [-0.4, -0.2) is 34.2 Å². The molecule has 0 saturated heterocycles. The molecule has 168 valence electrons. The Kier molecular flexibility index (Phi) is 6.52. The number of hydrogen-bond acceptors (Lipinski definition) is 3. The van der Waals surface area contributed by atoms with Gasteiger partial charge in [0, 0.05) is 12.1 Å². The van der Waals surface area contributed by atoms with Gasteiger partial charge in [0.15, 0.2) is 5.78 Å². The summed E-state index contributed by atoms with van der Waals surface area (Å²) in [6.45, 7) is 2.11. The van der Waals surface area contributed by atoms with E-state index in [0.717, 1.165) is 17.4 Å². The minimum absolute atomic E-state index is 0.118. The van der Waals surface area contributed by atoms with E-state index >= 15 is 0 Å². The molecule has 5 nitrogen and oxygen atoms in total. The predicted molar refractivity (Wildman–Crippen MR) is 112 cm³/mol. The normalized spacial score (nSPS) is 18.8. The SMILES string of the molecule is CC(=O)C1=C(C)N(Cc2ccccc2)C(=O)[C@]1(NC(=O)CCc1ccccc1)C(F)(F)F. The Morgan fingerprint density at radius 3 is 2.00 bits per heavy atom. The molecule has 0 bridgehead atoms. The lowest BCUT2D eigenvalue weighted by Gasteiger charge is -2.33. The van der Waals surface area contributed by atoms with Crippen LogP contribution in [0.3, 0.4) is 0 Å². The Morgan fingerprint density at radius 1 is 0.969 bits per heavy atom. The summed E-state index contributed by atoms with van der Waals surface area (Å²) in [6, 6.07) is 17.3. The summed E-state index contributed by atoms with van der Waals surface area (Å²) in [7, 11) is 0. The highest BCUT2D eigenvalue weighted by atomic mass is 19.4. The molecule has 0 saturated carbocycles. The van der Waals surface area contributed by atoms with Gasteiger partial charge in [0.1, 0.15) is 0 Å². The predicted octanol–water partition coefficient (Wildman–Crippen LogP) is 3.94. The highest BCUT2D eigenvalue weighted by Gasteiger charge is 2.69. The van der Waals surface area contributed by atoms with Gasteiger partial charge in [-0.2, -0.15) is 13.2 Å². The molecule has 3 rings (SSSR count). The Bertz CT molecular complexity index is 1050. The fourth-order valence-corrected chi connectivity index (χ4v) is 3.97. The topological polar surface area (TPSA) is 66.5 Å². The first-order chi connectivity index (χ1) is 15.1. The van der Waals surface area contributed by atoms with Crippen LogP contribution in [0.25, 0.3) is 0 Å². The Hall–Kier alpha value is -3.42. The highest BCUT2D eigenvalue weighted by molar-refractivity contribution is 6.11. The van der Waals surface area contributed by atoms with Crippen LogP contribution in [0, 0.1) is 0 Å². The number of allylic oxidation sites excluding steroid dienone is 1. The summed E-state index contributed by atoms with van der Waals surface area (Å²) in [6.07, 6.45) is -5.28. The lowest BCUT2D eigenvalue weighted by Crippen LogP contribution is -2.66. The van der Waals surface area contributed by atoms with E-state index < -0.39 is 34.9 Å². The number of amides is 2. The minimum Gasteiger partial charge on any atom is -0.330 e. The van der Waals surface area contributed by atoms with Gasteiger partial charge in [0.05, 0.1) is 12.1 Å². The maximum Gasteiger partial charge on any atom is 0.425 e. The number of aryl methyl sites for hydroxylation is 1. The molecule has 0 unspecified atom stereocenters. The number of alkyl halides is 3. The quantitative estimate of drug-likeness (QED) is 0.704. The van der Waals surface area contributed by atoms with Crippen LogP contribution < -0.4 is 5.32 Å². The maximum absolute atomic E-state index is 14.4. The smallest absolute Gasteiger partial charge is 0.330 e. The summed E-state index contributed by atoms with van der Waals surface area (Å²) in [5.74, 6) is -3.27. The number of hydrogen-bond donors (Lipinski definition) is 1. The number of Topliss-reactive ketones (excluding diaryl/α,β-unsaturated/α-hetero) is 1. The summed E-state index contributed by atoms with van der Waals surface area (Å²) in [5, 5.41) is 1.90. The Morgan fingerprint density at radius 2 is 1.50 bits per heavy atom. The van der Waals surface area contributed by atoms with E-state index in [1.165, 1.54) is 6.92 Å². The second-order valence-corrected chi connectivity index (χ2v) is 7.68. The maximum atomic E-state index is 14.4. The van der Waals surface area contributed by atoms with E-state index in [2.05, 4.69) is 0 Å². The standard InChI is InChI=1S/C24H23F3N2O3/c1-16-21(17(2)30)23(24(25,26)27,22(32)29(16)15-19-11-7-4-8-12-19)28-20(31)14-13-18-9-5-3-6-10-18/h3-12H,13-15H2,1-2H3,(H,28,31)/t23-/m0/s1. The zero-order valence-corrected chi connectivity index (χ0v) is 17.7. The van der Waals surface area contributed by atoms with E-state index in [-0.39, 0.29) is 25.1 Å². The van der Waals surface area contributed by atoms with Crippen LogP contribution in [0.4, 0.5) is 13.2 Å². The van der Waals surface area contributed by atoms with Gasteiger partial charge in [-0.05, 0) is 31.4 Å². The minimum atomic E-state index is -5.21. The van der Waals surface area contributed by atoms with Crippen molar-refractivity contribution in [2.45, 2.75) is 44.9 Å². The van der Waals surface area contributed by atoms with Crippen molar-refractivity contribution in [3.05, 3.63) is 83.1 Å². The highest BCUT2D eigenvalue weighted by Crippen LogP contribution is 2.45. The summed E-state index contributed by atoms with van der Waals surface area (Å²) in [5.41, 5.74) is -2.92. The number of benzene rings is 2. The number of nitrogens with zero attached hydrogens (tertiary/aromatic N) is 1. The van der Waals surface area contributed by atoms with Crippen LogP contribution >= 0.6 is 0 Å². The van der Waals surface area contributed by atoms with Crippen LogP contribution in [0.2, 0.25) is 0 Å². The van der Waals surface area contributed by atoms with Gasteiger partial charge in [-0.25, -0.2) is 0 Å². The molecule has 0 aromatic heterocycles. The van der Waals surface area contributed by atoms with Gasteiger partial charge in [-0.1, -0.05) is 60.7 Å². The molecule has 1 N–H and O–H groups in total. The van der Waals surface area contributed by atoms with Gasteiger partial charge in [0.2, 0.25) is 11.4 Å². The van der Waals surface area contributed by atoms with Gasteiger partial charge in [-0.15, -0.1) is 0 Å². The van der Waals surface area contributed by atoms with E-state index in [0.29, 0.717) is 5.56 Å². The van der Waals surface area contributed by atoms with Crippen molar-refractivity contribution in [3.8, 4) is 0 Å². The first-order valence-electron chi connectivity index (χ1n) is 10.1. The molecule has 1 aliphatic heterocycles. The second kappa shape index (κ2) is 8.98. The third-order valence-corrected chi connectivity index (χ3v) is 5.48. The summed E-state index contributed by atoms with van der Waals surface area (Å²) in [4.78, 5) is 39.1. The monoisotopic (exact) mass is 444 g/mol. The molecule has 0 fully saturated rings. The van der Waals surface area contributed by atoms with Crippen LogP contribution in [0.5, 0.6) is 0 Å². The van der Waals surface area contributed by atoms with Crippen molar-refractivity contribution in [1.82, 2.24) is 10.2 Å². The molecular formula is C24H23F3N2O3. The van der Waals surface area contributed by atoms with E-state index in [1.54, 1.807) is 60.7 Å². The third kappa shape index (κ3) is 4.30. The average molecular weight is 444 g/mol. The zero-order valence-electron chi connectivity index (χ0n) is 17.7. The molecule has 2 amide bonds. The zero-order chi connectivity index (χ0) is 23.5. The molecule has 8 heteroatoms. The molecule has 0 radical (unpaired) electrons. The van der Waals surface area contributed by atoms with Crippen LogP contribution in [0.1, 0.15) is 31.4 Å². The number of carbonyl (C=O) groups excluding carboxylic acids is 3. The van der Waals surface area contributed by atoms with E-state index in [9.17, 15) is 27.6 Å². The number of rotatable bonds is 7. The molecule has 0 spiro atoms. The Labute approximate surface area is 183 Å². The van der Waals surface area contributed by atoms with Gasteiger partial charge in [-0.3, -0.25) is 14.4 Å². The van der Waals surface area contributed by atoms with Crippen molar-refractivity contribution < 1.29 is 27.6 Å². The number of ketones is 1. The van der Waals surface area contributed by atoms with Crippen LogP contribution in [-0.2, 0) is 27.3 Å². The fraction of sp³-hybridized carbons (Fsp3) is 0.292. The third-order valence-electron chi connectivity index (χ3n) is 5.48. The summed E-state index contributed by atoms with van der Waals surface area (Å²) < 4.78 is 43.3. The van der Waals surface area contributed by atoms with Crippen molar-refractivity contribution in [1.29, 1.82) is 0 Å². The lowest BCUT2D eigenvalue weighted by molar-refractivity contribution is -0.194. The lowest BCUT2D eigenvalue weighted by atomic mass is 9.86.